The largest absolute Gasteiger partial charge is 0.480 e. The number of carboxylic acid groups (broad SMARTS) is 1. The zero-order valence-corrected chi connectivity index (χ0v) is 13.8. The molecule has 1 atom stereocenters. The van der Waals surface area contributed by atoms with Crippen LogP contribution in [0.15, 0.2) is 35.2 Å². The normalized spacial score (nSPS) is 14.0. The van der Waals surface area contributed by atoms with Gasteiger partial charge >= 0.3 is 5.97 Å². The second-order valence-corrected chi connectivity index (χ2v) is 8.47. The lowest BCUT2D eigenvalue weighted by molar-refractivity contribution is -0.140. The number of carbonyl (C=O) groups is 1. The van der Waals surface area contributed by atoms with Crippen LogP contribution in [0, 0.1) is 0 Å². The summed E-state index contributed by atoms with van der Waals surface area (Å²) in [4.78, 5) is 10.8. The van der Waals surface area contributed by atoms with E-state index in [-0.39, 0.29) is 11.4 Å². The van der Waals surface area contributed by atoms with Gasteiger partial charge in [0.25, 0.3) is 0 Å². The predicted molar refractivity (Wildman–Crippen MR) is 80.3 cm³/mol. The Labute approximate surface area is 129 Å². The molecule has 0 saturated carbocycles. The lowest BCUT2D eigenvalue weighted by atomic mass is 10.4. The van der Waals surface area contributed by atoms with Gasteiger partial charge in [-0.3, -0.25) is 4.79 Å². The second-order valence-electron chi connectivity index (χ2n) is 4.56. The molecule has 0 aromatic heterocycles. The highest BCUT2D eigenvalue weighted by atomic mass is 32.2. The van der Waals surface area contributed by atoms with Crippen LogP contribution in [0.3, 0.4) is 0 Å². The Balaban J connectivity index is 2.69. The van der Waals surface area contributed by atoms with E-state index in [1.165, 1.54) is 19.1 Å². The molecule has 0 spiro atoms. The topological polar surface area (TPSA) is 121 Å². The minimum absolute atomic E-state index is 0.0275. The number of hydrogen-bond acceptors (Lipinski definition) is 5. The van der Waals surface area contributed by atoms with Gasteiger partial charge in [-0.25, -0.2) is 21.6 Å². The summed E-state index contributed by atoms with van der Waals surface area (Å²) in [5, 5.41) is 8.80. The molecule has 1 aromatic carbocycles. The fourth-order valence-electron chi connectivity index (χ4n) is 1.53. The summed E-state index contributed by atoms with van der Waals surface area (Å²) in [6.07, 6.45) is 0. The molecule has 1 unspecified atom stereocenters. The third-order valence-corrected chi connectivity index (χ3v) is 6.44. The number of aliphatic carboxylic acids is 1. The SMILES string of the molecule is CC(C(=O)O)N(C)S(=O)(=O)CCNS(=O)(=O)c1ccccc1. The van der Waals surface area contributed by atoms with Crippen LogP contribution in [0.25, 0.3) is 0 Å². The molecule has 0 bridgehead atoms. The zero-order chi connectivity index (χ0) is 17.0. The molecule has 0 radical (unpaired) electrons. The van der Waals surface area contributed by atoms with Crippen molar-refractivity contribution in [1.29, 1.82) is 0 Å². The number of nitrogens with zero attached hydrogens (tertiary/aromatic N) is 1. The van der Waals surface area contributed by atoms with Crippen molar-refractivity contribution in [3.8, 4) is 0 Å². The monoisotopic (exact) mass is 350 g/mol. The number of sulfonamides is 2. The van der Waals surface area contributed by atoms with Crippen molar-refractivity contribution in [3.05, 3.63) is 30.3 Å². The van der Waals surface area contributed by atoms with Crippen molar-refractivity contribution in [2.24, 2.45) is 0 Å². The van der Waals surface area contributed by atoms with Crippen molar-refractivity contribution < 1.29 is 26.7 Å². The number of hydrogen-bond donors (Lipinski definition) is 2. The van der Waals surface area contributed by atoms with Crippen LogP contribution in [-0.4, -0.2) is 57.6 Å². The number of rotatable bonds is 8. The molecule has 0 saturated heterocycles. The van der Waals surface area contributed by atoms with Crippen molar-refractivity contribution in [2.45, 2.75) is 17.9 Å². The second kappa shape index (κ2) is 7.18. The van der Waals surface area contributed by atoms with Gasteiger partial charge in [-0.15, -0.1) is 0 Å². The fourth-order valence-corrected chi connectivity index (χ4v) is 3.93. The quantitative estimate of drug-likeness (QED) is 0.664. The number of likely N-dealkylation sites (N-methyl/N-ethyl adjacent to an activating group) is 1. The molecule has 1 aromatic rings. The van der Waals surface area contributed by atoms with Crippen LogP contribution < -0.4 is 4.72 Å². The molecule has 1 rings (SSSR count). The van der Waals surface area contributed by atoms with Crippen LogP contribution in [0.5, 0.6) is 0 Å². The first-order valence-electron chi connectivity index (χ1n) is 6.31. The summed E-state index contributed by atoms with van der Waals surface area (Å²) in [5.74, 6) is -1.82. The average Bonchev–Trinajstić information content (AvgIpc) is 2.46. The maximum atomic E-state index is 11.9. The highest BCUT2D eigenvalue weighted by Crippen LogP contribution is 2.08. The lowest BCUT2D eigenvalue weighted by Gasteiger charge is -2.21. The number of nitrogens with one attached hydrogen (secondary N) is 1. The van der Waals surface area contributed by atoms with Crippen LogP contribution in [0.2, 0.25) is 0 Å². The van der Waals surface area contributed by atoms with Crippen molar-refractivity contribution >= 4 is 26.0 Å². The van der Waals surface area contributed by atoms with Gasteiger partial charge in [0.1, 0.15) is 6.04 Å². The summed E-state index contributed by atoms with van der Waals surface area (Å²) in [6.45, 7) is 0.879. The zero-order valence-electron chi connectivity index (χ0n) is 12.1. The van der Waals surface area contributed by atoms with Gasteiger partial charge < -0.3 is 5.11 Å². The smallest absolute Gasteiger partial charge is 0.321 e. The Hall–Kier alpha value is -1.49. The first kappa shape index (κ1) is 18.6. The molecule has 0 amide bonds. The average molecular weight is 350 g/mol. The molecule has 0 aliphatic rings. The summed E-state index contributed by atoms with van der Waals surface area (Å²) < 4.78 is 50.6. The Bertz CT molecular complexity index is 715. The van der Waals surface area contributed by atoms with E-state index in [1.807, 2.05) is 0 Å². The summed E-state index contributed by atoms with van der Waals surface area (Å²) in [6, 6.07) is 6.30. The summed E-state index contributed by atoms with van der Waals surface area (Å²) in [5.41, 5.74) is 0. The molecule has 22 heavy (non-hydrogen) atoms. The van der Waals surface area contributed by atoms with Gasteiger partial charge in [-0.1, -0.05) is 18.2 Å². The van der Waals surface area contributed by atoms with Crippen molar-refractivity contribution in [1.82, 2.24) is 9.03 Å². The summed E-state index contributed by atoms with van der Waals surface area (Å²) >= 11 is 0. The van der Waals surface area contributed by atoms with E-state index < -0.39 is 37.8 Å². The first-order valence-corrected chi connectivity index (χ1v) is 9.40. The van der Waals surface area contributed by atoms with Crippen LogP contribution in [0.4, 0.5) is 0 Å². The molecular formula is C12H18N2O6S2. The van der Waals surface area contributed by atoms with E-state index in [4.69, 9.17) is 5.11 Å². The van der Waals surface area contributed by atoms with Gasteiger partial charge in [0.2, 0.25) is 20.0 Å². The molecule has 10 heteroatoms. The van der Waals surface area contributed by atoms with Crippen molar-refractivity contribution in [3.63, 3.8) is 0 Å². The number of benzene rings is 1. The van der Waals surface area contributed by atoms with E-state index in [1.54, 1.807) is 18.2 Å². The highest BCUT2D eigenvalue weighted by Gasteiger charge is 2.28. The minimum atomic E-state index is -3.88. The molecule has 0 aliphatic heterocycles. The third kappa shape index (κ3) is 4.77. The molecule has 124 valence electrons. The summed E-state index contributed by atoms with van der Waals surface area (Å²) in [7, 11) is -6.54. The van der Waals surface area contributed by atoms with Crippen LogP contribution >= 0.6 is 0 Å². The minimum Gasteiger partial charge on any atom is -0.480 e. The number of carboxylic acids is 1. The van der Waals surface area contributed by atoms with Gasteiger partial charge in [0.15, 0.2) is 0 Å². The van der Waals surface area contributed by atoms with E-state index in [9.17, 15) is 21.6 Å². The van der Waals surface area contributed by atoms with E-state index >= 15 is 0 Å². The maximum Gasteiger partial charge on any atom is 0.321 e. The molecule has 0 aliphatic carbocycles. The van der Waals surface area contributed by atoms with Crippen LogP contribution in [0.1, 0.15) is 6.92 Å². The predicted octanol–water partition coefficient (Wildman–Crippen LogP) is -0.300. The molecule has 8 nitrogen and oxygen atoms in total. The molecular weight excluding hydrogens is 332 g/mol. The van der Waals surface area contributed by atoms with E-state index in [2.05, 4.69) is 4.72 Å². The Morgan fingerprint density at radius 1 is 1.23 bits per heavy atom. The van der Waals surface area contributed by atoms with Gasteiger partial charge in [0, 0.05) is 13.6 Å². The third-order valence-electron chi connectivity index (χ3n) is 3.05. The Morgan fingerprint density at radius 3 is 2.27 bits per heavy atom. The standard InChI is InChI=1S/C12H18N2O6S2/c1-10(12(15)16)14(2)21(17,18)9-8-13-22(19,20)11-6-4-3-5-7-11/h3-7,10,13H,8-9H2,1-2H3,(H,15,16). The molecule has 2 N–H and O–H groups in total. The maximum absolute atomic E-state index is 11.9. The first-order chi connectivity index (χ1) is 10.1. The lowest BCUT2D eigenvalue weighted by Crippen LogP contribution is -2.43. The Kier molecular flexibility index (Phi) is 6.06. The van der Waals surface area contributed by atoms with E-state index in [0.29, 0.717) is 4.31 Å². The van der Waals surface area contributed by atoms with Gasteiger partial charge in [-0.05, 0) is 19.1 Å². The van der Waals surface area contributed by atoms with Gasteiger partial charge in [0.05, 0.1) is 10.6 Å². The van der Waals surface area contributed by atoms with Crippen LogP contribution in [-0.2, 0) is 24.8 Å². The van der Waals surface area contributed by atoms with Gasteiger partial charge in [-0.2, -0.15) is 4.31 Å². The molecule has 0 heterocycles. The molecule has 0 fully saturated rings. The van der Waals surface area contributed by atoms with E-state index in [0.717, 1.165) is 7.05 Å². The fraction of sp³-hybridized carbons (Fsp3) is 0.417. The van der Waals surface area contributed by atoms with Crippen molar-refractivity contribution in [2.75, 3.05) is 19.3 Å². The Morgan fingerprint density at radius 2 is 1.77 bits per heavy atom. The highest BCUT2D eigenvalue weighted by molar-refractivity contribution is 7.90.